The van der Waals surface area contributed by atoms with Crippen molar-refractivity contribution < 1.29 is 24.2 Å². The highest BCUT2D eigenvalue weighted by Gasteiger charge is 2.37. The molecule has 0 unspecified atom stereocenters. The van der Waals surface area contributed by atoms with Crippen molar-refractivity contribution in [1.29, 1.82) is 0 Å². The van der Waals surface area contributed by atoms with E-state index in [0.29, 0.717) is 47.4 Å². The molecule has 170 valence electrons. The summed E-state index contributed by atoms with van der Waals surface area (Å²) in [5.74, 6) is -1.03. The van der Waals surface area contributed by atoms with Gasteiger partial charge in [0, 0.05) is 36.3 Å². The highest BCUT2D eigenvalue weighted by atomic mass is 35.5. The van der Waals surface area contributed by atoms with E-state index in [1.54, 1.807) is 41.3 Å². The molecule has 3 N–H and O–H groups in total. The molecule has 1 saturated carbocycles. The first-order chi connectivity index (χ1) is 15.4. The summed E-state index contributed by atoms with van der Waals surface area (Å²) in [6.45, 7) is 1.37. The van der Waals surface area contributed by atoms with Crippen LogP contribution in [0.2, 0.25) is 4.34 Å². The second-order valence-electron chi connectivity index (χ2n) is 7.94. The summed E-state index contributed by atoms with van der Waals surface area (Å²) in [6, 6.07) is 10.4. The molecule has 4 rings (SSSR count). The highest BCUT2D eigenvalue weighted by molar-refractivity contribution is 7.18. The van der Waals surface area contributed by atoms with Gasteiger partial charge in [0.05, 0.1) is 21.9 Å². The Morgan fingerprint density at radius 3 is 2.66 bits per heavy atom. The smallest absolute Gasteiger partial charge is 0.261 e. The molecule has 1 aliphatic carbocycles. The zero-order chi connectivity index (χ0) is 22.7. The first-order valence-electron chi connectivity index (χ1n) is 10.4. The lowest BCUT2D eigenvalue weighted by Crippen LogP contribution is -2.41. The second-order valence-corrected chi connectivity index (χ2v) is 9.66. The fraction of sp³-hybridized carbons (Fsp3) is 0.409. The van der Waals surface area contributed by atoms with Gasteiger partial charge in [0.15, 0.2) is 0 Å². The Bertz CT molecular complexity index is 996. The minimum atomic E-state index is -0.660. The number of ether oxygens (including phenoxy) is 1. The standard InChI is InChI=1S/C22H24ClN3O5S/c23-19-6-5-18(32-19)22(30)24-11-14-9-13(10-17(14)27)21(29)25-15-1-3-16(4-2-15)26-7-8-31-12-20(26)28/h1-6,13-14,17,27H,7-12H2,(H,24,30)(H,25,29)/t13-,14+,17-/m0/s1. The van der Waals surface area contributed by atoms with E-state index in [4.69, 9.17) is 16.3 Å². The van der Waals surface area contributed by atoms with Gasteiger partial charge < -0.3 is 25.4 Å². The molecule has 3 amide bonds. The number of hydrogen-bond acceptors (Lipinski definition) is 6. The summed E-state index contributed by atoms with van der Waals surface area (Å²) in [7, 11) is 0. The van der Waals surface area contributed by atoms with Gasteiger partial charge in [-0.15, -0.1) is 11.3 Å². The number of benzene rings is 1. The number of nitrogens with one attached hydrogen (secondary N) is 2. The molecule has 8 nitrogen and oxygen atoms in total. The first kappa shape index (κ1) is 22.7. The number of hydrogen-bond donors (Lipinski definition) is 3. The van der Waals surface area contributed by atoms with Crippen molar-refractivity contribution in [2.24, 2.45) is 11.8 Å². The maximum Gasteiger partial charge on any atom is 0.261 e. The number of halogens is 1. The molecular weight excluding hydrogens is 454 g/mol. The van der Waals surface area contributed by atoms with E-state index < -0.39 is 6.10 Å². The number of aliphatic hydroxyl groups is 1. The van der Waals surface area contributed by atoms with Gasteiger partial charge >= 0.3 is 0 Å². The van der Waals surface area contributed by atoms with Crippen molar-refractivity contribution in [3.8, 4) is 0 Å². The molecule has 1 aromatic heterocycles. The van der Waals surface area contributed by atoms with Crippen LogP contribution in [0.1, 0.15) is 22.5 Å². The molecule has 2 aromatic rings. The quantitative estimate of drug-likeness (QED) is 0.592. The Morgan fingerprint density at radius 1 is 1.19 bits per heavy atom. The van der Waals surface area contributed by atoms with Crippen molar-refractivity contribution >= 4 is 52.0 Å². The third-order valence-electron chi connectivity index (χ3n) is 5.78. The van der Waals surface area contributed by atoms with E-state index in [9.17, 15) is 19.5 Å². The highest BCUT2D eigenvalue weighted by Crippen LogP contribution is 2.32. The molecule has 2 fully saturated rings. The summed E-state index contributed by atoms with van der Waals surface area (Å²) in [5.41, 5.74) is 1.38. The molecule has 2 heterocycles. The van der Waals surface area contributed by atoms with Crippen molar-refractivity contribution in [2.75, 3.05) is 36.5 Å². The number of rotatable bonds is 6. The lowest BCUT2D eigenvalue weighted by molar-refractivity contribution is -0.125. The zero-order valence-electron chi connectivity index (χ0n) is 17.3. The van der Waals surface area contributed by atoms with Crippen LogP contribution in [-0.4, -0.2) is 55.2 Å². The van der Waals surface area contributed by atoms with E-state index in [2.05, 4.69) is 10.6 Å². The second kappa shape index (κ2) is 9.99. The molecule has 2 aliphatic rings. The predicted octanol–water partition coefficient (Wildman–Crippen LogP) is 2.52. The predicted molar refractivity (Wildman–Crippen MR) is 122 cm³/mol. The van der Waals surface area contributed by atoms with Crippen LogP contribution in [0.15, 0.2) is 36.4 Å². The van der Waals surface area contributed by atoms with Crippen LogP contribution in [-0.2, 0) is 14.3 Å². The lowest BCUT2D eigenvalue weighted by Gasteiger charge is -2.27. The minimum Gasteiger partial charge on any atom is -0.393 e. The van der Waals surface area contributed by atoms with Gasteiger partial charge in [0.25, 0.3) is 11.8 Å². The van der Waals surface area contributed by atoms with Crippen LogP contribution in [0.3, 0.4) is 0 Å². The van der Waals surface area contributed by atoms with Crippen LogP contribution in [0.4, 0.5) is 11.4 Å². The average Bonchev–Trinajstić information content (AvgIpc) is 3.39. The van der Waals surface area contributed by atoms with E-state index in [0.717, 1.165) is 5.69 Å². The van der Waals surface area contributed by atoms with Gasteiger partial charge in [0.2, 0.25) is 5.91 Å². The molecule has 10 heteroatoms. The maximum absolute atomic E-state index is 12.7. The molecule has 1 aromatic carbocycles. The Labute approximate surface area is 194 Å². The summed E-state index contributed by atoms with van der Waals surface area (Å²) in [6.07, 6.45) is 0.170. The molecule has 1 aliphatic heterocycles. The van der Waals surface area contributed by atoms with Crippen molar-refractivity contribution in [2.45, 2.75) is 18.9 Å². The van der Waals surface area contributed by atoms with Gasteiger partial charge in [-0.1, -0.05) is 11.6 Å². The fourth-order valence-corrected chi connectivity index (χ4v) is 5.00. The van der Waals surface area contributed by atoms with Crippen molar-refractivity contribution in [3.05, 3.63) is 45.6 Å². The van der Waals surface area contributed by atoms with Gasteiger partial charge in [-0.3, -0.25) is 14.4 Å². The Morgan fingerprint density at radius 2 is 1.97 bits per heavy atom. The van der Waals surface area contributed by atoms with E-state index in [1.807, 2.05) is 0 Å². The molecule has 0 spiro atoms. The van der Waals surface area contributed by atoms with Gasteiger partial charge in [-0.25, -0.2) is 0 Å². The van der Waals surface area contributed by atoms with Crippen LogP contribution < -0.4 is 15.5 Å². The molecule has 0 bridgehead atoms. The number of amides is 3. The SMILES string of the molecule is O=C(NC[C@H]1C[C@H](C(=O)Nc2ccc(N3CCOCC3=O)cc2)C[C@@H]1O)c1ccc(Cl)s1. The van der Waals surface area contributed by atoms with Crippen molar-refractivity contribution in [3.63, 3.8) is 0 Å². The maximum atomic E-state index is 12.7. The number of carbonyl (C=O) groups excluding carboxylic acids is 3. The topological polar surface area (TPSA) is 108 Å². The Hall–Kier alpha value is -2.46. The van der Waals surface area contributed by atoms with Crippen LogP contribution in [0, 0.1) is 11.8 Å². The molecule has 3 atom stereocenters. The van der Waals surface area contributed by atoms with Crippen LogP contribution >= 0.6 is 22.9 Å². The zero-order valence-corrected chi connectivity index (χ0v) is 18.8. The third kappa shape index (κ3) is 5.29. The molecule has 0 radical (unpaired) electrons. The van der Waals surface area contributed by atoms with Gasteiger partial charge in [0.1, 0.15) is 6.61 Å². The monoisotopic (exact) mass is 477 g/mol. The summed E-state index contributed by atoms with van der Waals surface area (Å²) < 4.78 is 5.68. The fourth-order valence-electron chi connectivity index (χ4n) is 4.04. The molecule has 1 saturated heterocycles. The molecular formula is C22H24ClN3O5S. The first-order valence-corrected chi connectivity index (χ1v) is 11.6. The number of morpholine rings is 1. The summed E-state index contributed by atoms with van der Waals surface area (Å²) >= 11 is 7.06. The van der Waals surface area contributed by atoms with Gasteiger partial charge in [-0.2, -0.15) is 0 Å². The average molecular weight is 478 g/mol. The number of anilines is 2. The largest absolute Gasteiger partial charge is 0.393 e. The number of nitrogens with zero attached hydrogens (tertiary/aromatic N) is 1. The summed E-state index contributed by atoms with van der Waals surface area (Å²) in [4.78, 5) is 39.0. The van der Waals surface area contributed by atoms with Crippen LogP contribution in [0.25, 0.3) is 0 Å². The normalized spacial score (nSPS) is 23.2. The Balaban J connectivity index is 1.28. The lowest BCUT2D eigenvalue weighted by atomic mass is 10.0. The van der Waals surface area contributed by atoms with Crippen LogP contribution in [0.5, 0.6) is 0 Å². The van der Waals surface area contributed by atoms with E-state index in [-0.39, 0.29) is 36.2 Å². The number of thiophene rings is 1. The summed E-state index contributed by atoms with van der Waals surface area (Å²) in [5, 5.41) is 16.1. The number of aliphatic hydroxyl groups excluding tert-OH is 1. The third-order valence-corrected chi connectivity index (χ3v) is 7.01. The van der Waals surface area contributed by atoms with E-state index in [1.165, 1.54) is 11.3 Å². The van der Waals surface area contributed by atoms with E-state index >= 15 is 0 Å². The molecule has 32 heavy (non-hydrogen) atoms. The minimum absolute atomic E-state index is 0.0746. The Kier molecular flexibility index (Phi) is 7.10. The van der Waals surface area contributed by atoms with Crippen molar-refractivity contribution in [1.82, 2.24) is 5.32 Å². The van der Waals surface area contributed by atoms with Gasteiger partial charge in [-0.05, 0) is 49.2 Å². The number of carbonyl (C=O) groups is 3.